The Morgan fingerprint density at radius 3 is 2.52 bits per heavy atom. The summed E-state index contributed by atoms with van der Waals surface area (Å²) in [6.07, 6.45) is 9.44. The number of thioether (sulfide) groups is 1. The Balaban J connectivity index is 2.11. The Labute approximate surface area is 156 Å². The van der Waals surface area contributed by atoms with Crippen LogP contribution < -0.4 is 0 Å². The number of rotatable bonds is 6. The van der Waals surface area contributed by atoms with Gasteiger partial charge in [-0.3, -0.25) is 14.5 Å². The molecule has 0 saturated carbocycles. The van der Waals surface area contributed by atoms with E-state index in [0.717, 1.165) is 33.4 Å². The number of allylic oxidation sites excluding steroid dienone is 4. The summed E-state index contributed by atoms with van der Waals surface area (Å²) in [5.74, 6) is -1.46. The van der Waals surface area contributed by atoms with Crippen LogP contribution in [0.4, 0.5) is 0 Å². The Bertz CT molecular complexity index is 804. The molecular weight excluding hydrogens is 354 g/mol. The quantitative estimate of drug-likeness (QED) is 0.463. The fourth-order valence-electron chi connectivity index (χ4n) is 2.10. The molecule has 4 nitrogen and oxygen atoms in total. The molecule has 0 radical (unpaired) electrons. The molecule has 128 valence electrons. The van der Waals surface area contributed by atoms with Crippen molar-refractivity contribution in [2.75, 3.05) is 6.54 Å². The van der Waals surface area contributed by atoms with Crippen LogP contribution in [0, 0.1) is 0 Å². The summed E-state index contributed by atoms with van der Waals surface area (Å²) in [5, 5.41) is 8.84. The number of carboxylic acid groups (broad SMARTS) is 1. The van der Waals surface area contributed by atoms with E-state index in [1.165, 1.54) is 0 Å². The number of thiocarbonyl (C=S) groups is 1. The molecule has 0 spiro atoms. The minimum atomic E-state index is -1.09. The van der Waals surface area contributed by atoms with Crippen molar-refractivity contribution in [3.8, 4) is 0 Å². The highest BCUT2D eigenvalue weighted by Crippen LogP contribution is 2.32. The summed E-state index contributed by atoms with van der Waals surface area (Å²) in [6.45, 7) is 5.43. The molecular formula is C19H17NO3S2. The van der Waals surface area contributed by atoms with Gasteiger partial charge in [-0.25, -0.2) is 0 Å². The smallest absolute Gasteiger partial charge is 0.323 e. The lowest BCUT2D eigenvalue weighted by molar-refractivity contribution is -0.140. The van der Waals surface area contributed by atoms with Crippen molar-refractivity contribution in [2.24, 2.45) is 0 Å². The van der Waals surface area contributed by atoms with Crippen molar-refractivity contribution in [2.45, 2.75) is 6.92 Å². The maximum Gasteiger partial charge on any atom is 0.323 e. The average molecular weight is 371 g/mol. The van der Waals surface area contributed by atoms with E-state index in [-0.39, 0.29) is 10.2 Å². The first kappa shape index (κ1) is 18.9. The van der Waals surface area contributed by atoms with Gasteiger partial charge >= 0.3 is 5.97 Å². The zero-order chi connectivity index (χ0) is 18.4. The highest BCUT2D eigenvalue weighted by molar-refractivity contribution is 8.26. The summed E-state index contributed by atoms with van der Waals surface area (Å²) in [5.41, 5.74) is 2.77. The SMILES string of the molecule is C=C(C=Cc1ccc(C=C2SC(=S)N(CC(=O)O)C2=O)cc1)/C=C\C. The minimum Gasteiger partial charge on any atom is -0.480 e. The predicted molar refractivity (Wildman–Crippen MR) is 107 cm³/mol. The van der Waals surface area contributed by atoms with Crippen molar-refractivity contribution >= 4 is 52.3 Å². The van der Waals surface area contributed by atoms with Gasteiger partial charge in [-0.2, -0.15) is 0 Å². The van der Waals surface area contributed by atoms with Crippen LogP contribution in [-0.2, 0) is 9.59 Å². The molecule has 1 heterocycles. The van der Waals surface area contributed by atoms with Gasteiger partial charge in [0.1, 0.15) is 10.9 Å². The molecule has 1 aliphatic heterocycles. The van der Waals surface area contributed by atoms with Crippen molar-refractivity contribution < 1.29 is 14.7 Å². The topological polar surface area (TPSA) is 57.6 Å². The van der Waals surface area contributed by atoms with Gasteiger partial charge in [0.2, 0.25) is 0 Å². The molecule has 0 unspecified atom stereocenters. The largest absolute Gasteiger partial charge is 0.480 e. The molecule has 1 aromatic rings. The number of aliphatic carboxylic acids is 1. The van der Waals surface area contributed by atoms with E-state index in [9.17, 15) is 9.59 Å². The molecule has 1 saturated heterocycles. The first-order chi connectivity index (χ1) is 11.9. The number of hydrogen-bond acceptors (Lipinski definition) is 4. The normalized spacial score (nSPS) is 16.5. The van der Waals surface area contributed by atoms with Crippen LogP contribution in [0.25, 0.3) is 12.2 Å². The van der Waals surface area contributed by atoms with E-state index in [4.69, 9.17) is 17.3 Å². The van der Waals surface area contributed by atoms with Crippen LogP contribution in [0.3, 0.4) is 0 Å². The first-order valence-corrected chi connectivity index (χ1v) is 8.70. The Morgan fingerprint density at radius 2 is 1.92 bits per heavy atom. The number of carbonyl (C=O) groups is 2. The predicted octanol–water partition coefficient (Wildman–Crippen LogP) is 4.12. The lowest BCUT2D eigenvalue weighted by Gasteiger charge is -2.10. The number of benzene rings is 1. The maximum atomic E-state index is 12.2. The molecule has 0 atom stereocenters. The molecule has 0 bridgehead atoms. The Morgan fingerprint density at radius 1 is 1.28 bits per heavy atom. The number of hydrogen-bond donors (Lipinski definition) is 1. The molecule has 1 amide bonds. The van der Waals surface area contributed by atoms with Crippen molar-refractivity contribution in [3.63, 3.8) is 0 Å². The van der Waals surface area contributed by atoms with Gasteiger partial charge in [0.05, 0.1) is 4.91 Å². The molecule has 6 heteroatoms. The summed E-state index contributed by atoms with van der Waals surface area (Å²) in [7, 11) is 0. The van der Waals surface area contributed by atoms with Crippen LogP contribution in [0.15, 0.2) is 59.6 Å². The van der Waals surface area contributed by atoms with Gasteiger partial charge < -0.3 is 5.11 Å². The molecule has 1 fully saturated rings. The number of carboxylic acids is 1. The molecule has 0 aromatic heterocycles. The van der Waals surface area contributed by atoms with Gasteiger partial charge in [0.15, 0.2) is 0 Å². The molecule has 2 rings (SSSR count). The number of amides is 1. The minimum absolute atomic E-state index is 0.265. The summed E-state index contributed by atoms with van der Waals surface area (Å²) in [6, 6.07) is 7.65. The third-order valence-corrected chi connectivity index (χ3v) is 4.65. The van der Waals surface area contributed by atoms with E-state index in [0.29, 0.717) is 4.91 Å². The van der Waals surface area contributed by atoms with E-state index in [1.807, 2.05) is 55.5 Å². The maximum absolute atomic E-state index is 12.2. The lowest BCUT2D eigenvalue weighted by atomic mass is 10.1. The van der Waals surface area contributed by atoms with E-state index < -0.39 is 12.5 Å². The zero-order valence-electron chi connectivity index (χ0n) is 13.6. The second-order valence-corrected chi connectivity index (χ2v) is 6.91. The van der Waals surface area contributed by atoms with Gasteiger partial charge in [-0.05, 0) is 29.7 Å². The van der Waals surface area contributed by atoms with Gasteiger partial charge in [-0.15, -0.1) is 0 Å². The standard InChI is InChI=1S/C19H17NO3S2/c1-3-4-13(2)5-6-14-7-9-15(10-8-14)11-16-18(23)20(12-17(21)22)19(24)25-16/h3-11H,2,12H2,1H3,(H,21,22)/b4-3-,6-5?,16-11?. The third-order valence-electron chi connectivity index (χ3n) is 3.27. The van der Waals surface area contributed by atoms with Crippen LogP contribution in [0.5, 0.6) is 0 Å². The monoisotopic (exact) mass is 371 g/mol. The average Bonchev–Trinajstić information content (AvgIpc) is 2.82. The molecule has 1 N–H and O–H groups in total. The molecule has 25 heavy (non-hydrogen) atoms. The van der Waals surface area contributed by atoms with Gasteiger partial charge in [0.25, 0.3) is 5.91 Å². The molecule has 0 aliphatic carbocycles. The van der Waals surface area contributed by atoms with Crippen LogP contribution >= 0.6 is 24.0 Å². The summed E-state index contributed by atoms with van der Waals surface area (Å²) < 4.78 is 0.265. The molecule has 1 aliphatic rings. The number of nitrogens with zero attached hydrogens (tertiary/aromatic N) is 1. The molecule has 1 aromatic carbocycles. The highest BCUT2D eigenvalue weighted by atomic mass is 32.2. The van der Waals surface area contributed by atoms with Crippen molar-refractivity contribution in [3.05, 3.63) is 70.7 Å². The van der Waals surface area contributed by atoms with Crippen LogP contribution in [-0.4, -0.2) is 32.7 Å². The fourth-order valence-corrected chi connectivity index (χ4v) is 3.35. The fraction of sp³-hybridized carbons (Fsp3) is 0.105. The second kappa shape index (κ2) is 8.60. The van der Waals surface area contributed by atoms with E-state index in [2.05, 4.69) is 6.58 Å². The highest BCUT2D eigenvalue weighted by Gasteiger charge is 2.33. The summed E-state index contributed by atoms with van der Waals surface area (Å²) >= 11 is 6.19. The lowest BCUT2D eigenvalue weighted by Crippen LogP contribution is -2.33. The zero-order valence-corrected chi connectivity index (χ0v) is 15.3. The Hall–Kier alpha value is -2.44. The van der Waals surface area contributed by atoms with Gasteiger partial charge in [-0.1, -0.05) is 79.1 Å². The van der Waals surface area contributed by atoms with Crippen molar-refractivity contribution in [1.82, 2.24) is 4.90 Å². The first-order valence-electron chi connectivity index (χ1n) is 7.47. The Kier molecular flexibility index (Phi) is 6.50. The van der Waals surface area contributed by atoms with E-state index in [1.54, 1.807) is 6.08 Å². The van der Waals surface area contributed by atoms with Gasteiger partial charge in [0, 0.05) is 0 Å². The third kappa shape index (κ3) is 5.27. The van der Waals surface area contributed by atoms with Crippen molar-refractivity contribution in [1.29, 1.82) is 0 Å². The van der Waals surface area contributed by atoms with Crippen LogP contribution in [0.2, 0.25) is 0 Å². The number of carbonyl (C=O) groups excluding carboxylic acids is 1. The summed E-state index contributed by atoms with van der Waals surface area (Å²) in [4.78, 5) is 24.5. The van der Waals surface area contributed by atoms with E-state index >= 15 is 0 Å². The second-order valence-electron chi connectivity index (χ2n) is 5.24. The van der Waals surface area contributed by atoms with Crippen LogP contribution in [0.1, 0.15) is 18.1 Å².